The Balaban J connectivity index is 1.29. The van der Waals surface area contributed by atoms with E-state index in [0.29, 0.717) is 19.4 Å². The molecule has 136 valence electrons. The third-order valence-electron chi connectivity index (χ3n) is 5.79. The highest BCUT2D eigenvalue weighted by Crippen LogP contribution is 2.35. The number of hydrogen-bond donors (Lipinski definition) is 2. The summed E-state index contributed by atoms with van der Waals surface area (Å²) in [6.45, 7) is 1.37. The standard InChI is InChI=1S/C22H21N3O2/c26-21(10-9-16-14-5-1-4-8-19(14)24-22(16)27)25-12-11-20-17(13-25)15-6-2-3-7-18(15)23-20/h1-8,16,23H,9-13H2,(H,24,27)/t16-/m0/s1. The number of nitrogens with zero attached hydrogens (tertiary/aromatic N) is 1. The van der Waals surface area contributed by atoms with Gasteiger partial charge in [-0.05, 0) is 24.1 Å². The van der Waals surface area contributed by atoms with Gasteiger partial charge in [-0.3, -0.25) is 9.59 Å². The van der Waals surface area contributed by atoms with Gasteiger partial charge in [0.15, 0.2) is 0 Å². The van der Waals surface area contributed by atoms with Crippen LogP contribution in [0.1, 0.15) is 35.6 Å². The molecule has 5 nitrogen and oxygen atoms in total. The van der Waals surface area contributed by atoms with Crippen molar-refractivity contribution in [2.75, 3.05) is 11.9 Å². The SMILES string of the molecule is O=C1Nc2ccccc2[C@@H]1CCC(=O)N1CCc2[nH]c3ccccc3c2C1. The van der Waals surface area contributed by atoms with Crippen LogP contribution in [0.2, 0.25) is 0 Å². The van der Waals surface area contributed by atoms with Crippen molar-refractivity contribution >= 4 is 28.4 Å². The van der Waals surface area contributed by atoms with E-state index in [-0.39, 0.29) is 17.7 Å². The summed E-state index contributed by atoms with van der Waals surface area (Å²) in [5, 5.41) is 4.12. The van der Waals surface area contributed by atoms with Crippen LogP contribution in [0, 0.1) is 0 Å². The Hall–Kier alpha value is -3.08. The number of hydrogen-bond acceptors (Lipinski definition) is 2. The van der Waals surface area contributed by atoms with Crippen molar-refractivity contribution in [1.29, 1.82) is 0 Å². The number of benzene rings is 2. The van der Waals surface area contributed by atoms with Gasteiger partial charge in [0.25, 0.3) is 0 Å². The lowest BCUT2D eigenvalue weighted by molar-refractivity contribution is -0.132. The number of amides is 2. The Morgan fingerprint density at radius 3 is 2.85 bits per heavy atom. The van der Waals surface area contributed by atoms with Crippen LogP contribution >= 0.6 is 0 Å². The maximum atomic E-state index is 12.8. The molecule has 5 rings (SSSR count). The fourth-order valence-electron chi connectivity index (χ4n) is 4.37. The fourth-order valence-corrected chi connectivity index (χ4v) is 4.37. The summed E-state index contributed by atoms with van der Waals surface area (Å²) >= 11 is 0. The maximum absolute atomic E-state index is 12.8. The molecule has 3 aromatic rings. The summed E-state index contributed by atoms with van der Waals surface area (Å²) < 4.78 is 0. The van der Waals surface area contributed by atoms with E-state index in [1.165, 1.54) is 16.6 Å². The van der Waals surface area contributed by atoms with Gasteiger partial charge in [-0.15, -0.1) is 0 Å². The topological polar surface area (TPSA) is 65.2 Å². The molecule has 5 heteroatoms. The van der Waals surface area contributed by atoms with Crippen LogP contribution in [0.3, 0.4) is 0 Å². The maximum Gasteiger partial charge on any atom is 0.232 e. The molecule has 2 aliphatic heterocycles. The van der Waals surface area contributed by atoms with Gasteiger partial charge in [-0.25, -0.2) is 0 Å². The third-order valence-corrected chi connectivity index (χ3v) is 5.79. The summed E-state index contributed by atoms with van der Waals surface area (Å²) in [5.41, 5.74) is 5.49. The summed E-state index contributed by atoms with van der Waals surface area (Å²) in [4.78, 5) is 30.5. The van der Waals surface area contributed by atoms with E-state index in [4.69, 9.17) is 0 Å². The van der Waals surface area contributed by atoms with Gasteiger partial charge >= 0.3 is 0 Å². The van der Waals surface area contributed by atoms with Crippen LogP contribution < -0.4 is 5.32 Å². The molecule has 2 aromatic carbocycles. The summed E-state index contributed by atoms with van der Waals surface area (Å²) in [5.74, 6) is -0.0942. The van der Waals surface area contributed by atoms with Crippen molar-refractivity contribution in [3.05, 3.63) is 65.4 Å². The number of anilines is 1. The molecule has 0 fully saturated rings. The van der Waals surface area contributed by atoms with Gasteiger partial charge in [0.2, 0.25) is 11.8 Å². The van der Waals surface area contributed by atoms with Gasteiger partial charge in [0, 0.05) is 53.8 Å². The molecule has 27 heavy (non-hydrogen) atoms. The molecular weight excluding hydrogens is 338 g/mol. The lowest BCUT2D eigenvalue weighted by atomic mass is 9.95. The van der Waals surface area contributed by atoms with Crippen LogP contribution in [0.15, 0.2) is 48.5 Å². The van der Waals surface area contributed by atoms with Crippen molar-refractivity contribution in [2.24, 2.45) is 0 Å². The first kappa shape index (κ1) is 16.1. The molecule has 0 radical (unpaired) electrons. The minimum absolute atomic E-state index is 0.00144. The van der Waals surface area contributed by atoms with Gasteiger partial charge < -0.3 is 15.2 Å². The van der Waals surface area contributed by atoms with Crippen molar-refractivity contribution in [2.45, 2.75) is 31.7 Å². The molecule has 0 bridgehead atoms. The van der Waals surface area contributed by atoms with Gasteiger partial charge in [-0.1, -0.05) is 36.4 Å². The van der Waals surface area contributed by atoms with Crippen molar-refractivity contribution < 1.29 is 9.59 Å². The highest BCUT2D eigenvalue weighted by atomic mass is 16.2. The number of carbonyl (C=O) groups excluding carboxylic acids is 2. The molecule has 0 saturated heterocycles. The highest BCUT2D eigenvalue weighted by Gasteiger charge is 2.31. The van der Waals surface area contributed by atoms with Crippen LogP contribution in [0.4, 0.5) is 5.69 Å². The Kier molecular flexibility index (Phi) is 3.74. The van der Waals surface area contributed by atoms with Crippen LogP contribution in [-0.4, -0.2) is 28.2 Å². The van der Waals surface area contributed by atoms with E-state index in [1.807, 2.05) is 41.3 Å². The Bertz CT molecular complexity index is 1050. The van der Waals surface area contributed by atoms with E-state index < -0.39 is 0 Å². The molecule has 0 saturated carbocycles. The van der Waals surface area contributed by atoms with Crippen molar-refractivity contribution in [3.8, 4) is 0 Å². The van der Waals surface area contributed by atoms with Crippen molar-refractivity contribution in [1.82, 2.24) is 9.88 Å². The number of para-hydroxylation sites is 2. The molecule has 0 unspecified atom stereocenters. The van der Waals surface area contributed by atoms with Crippen LogP contribution in [0.5, 0.6) is 0 Å². The normalized spacial score (nSPS) is 18.3. The number of nitrogens with one attached hydrogen (secondary N) is 2. The first-order valence-corrected chi connectivity index (χ1v) is 9.47. The highest BCUT2D eigenvalue weighted by molar-refractivity contribution is 6.03. The molecule has 1 aromatic heterocycles. The number of rotatable bonds is 3. The first-order valence-electron chi connectivity index (χ1n) is 9.47. The van der Waals surface area contributed by atoms with E-state index in [9.17, 15) is 9.59 Å². The predicted octanol–water partition coefficient (Wildman–Crippen LogP) is 3.57. The summed E-state index contributed by atoms with van der Waals surface area (Å²) in [7, 11) is 0. The van der Waals surface area contributed by atoms with E-state index in [1.54, 1.807) is 0 Å². The monoisotopic (exact) mass is 359 g/mol. The number of H-pyrrole nitrogens is 1. The van der Waals surface area contributed by atoms with Crippen LogP contribution in [0.25, 0.3) is 10.9 Å². The van der Waals surface area contributed by atoms with E-state index >= 15 is 0 Å². The van der Waals surface area contributed by atoms with E-state index in [0.717, 1.165) is 29.7 Å². The number of carbonyl (C=O) groups is 2. The molecular formula is C22H21N3O2. The van der Waals surface area contributed by atoms with Crippen LogP contribution in [-0.2, 0) is 22.6 Å². The number of aromatic amines is 1. The third kappa shape index (κ3) is 2.70. The second-order valence-electron chi connectivity index (χ2n) is 7.36. The molecule has 1 atom stereocenters. The number of aromatic nitrogens is 1. The smallest absolute Gasteiger partial charge is 0.232 e. The van der Waals surface area contributed by atoms with Gasteiger partial charge in [0.05, 0.1) is 5.92 Å². The zero-order valence-corrected chi connectivity index (χ0v) is 15.0. The second kappa shape index (κ2) is 6.27. The minimum atomic E-state index is -0.224. The lowest BCUT2D eigenvalue weighted by Gasteiger charge is -2.27. The zero-order chi connectivity index (χ0) is 18.4. The second-order valence-corrected chi connectivity index (χ2v) is 7.36. The van der Waals surface area contributed by atoms with Crippen molar-refractivity contribution in [3.63, 3.8) is 0 Å². The number of fused-ring (bicyclic) bond motifs is 4. The first-order chi connectivity index (χ1) is 13.2. The predicted molar refractivity (Wildman–Crippen MR) is 104 cm³/mol. The minimum Gasteiger partial charge on any atom is -0.358 e. The Labute approximate surface area is 157 Å². The summed E-state index contributed by atoms with van der Waals surface area (Å²) in [6, 6.07) is 16.0. The molecule has 0 spiro atoms. The quantitative estimate of drug-likeness (QED) is 0.751. The molecule has 0 aliphatic carbocycles. The Morgan fingerprint density at radius 2 is 1.93 bits per heavy atom. The molecule has 2 N–H and O–H groups in total. The summed E-state index contributed by atoms with van der Waals surface area (Å²) in [6.07, 6.45) is 1.80. The average molecular weight is 359 g/mol. The van der Waals surface area contributed by atoms with Gasteiger partial charge in [0.1, 0.15) is 0 Å². The van der Waals surface area contributed by atoms with E-state index in [2.05, 4.69) is 22.4 Å². The Morgan fingerprint density at radius 1 is 1.11 bits per heavy atom. The molecule has 2 amide bonds. The molecule has 2 aliphatic rings. The lowest BCUT2D eigenvalue weighted by Crippen LogP contribution is -2.36. The largest absolute Gasteiger partial charge is 0.358 e. The zero-order valence-electron chi connectivity index (χ0n) is 15.0. The molecule has 3 heterocycles. The fraction of sp³-hybridized carbons (Fsp3) is 0.273. The average Bonchev–Trinajstić information content (AvgIpc) is 3.22. The van der Waals surface area contributed by atoms with Gasteiger partial charge in [-0.2, -0.15) is 0 Å².